The number of hydrogen-bond donors (Lipinski definition) is 1. The van der Waals surface area contributed by atoms with Gasteiger partial charge in [-0.15, -0.1) is 0 Å². The summed E-state index contributed by atoms with van der Waals surface area (Å²) in [4.78, 5) is 0. The summed E-state index contributed by atoms with van der Waals surface area (Å²) >= 11 is 0. The lowest BCUT2D eigenvalue weighted by atomic mass is 10.1. The molecule has 0 spiro atoms. The standard InChI is InChI=1S/C17H21NO2/c1-3-10-19-16-8-6-15(7-9-16)13-18-14(2)12-17-5-4-11-20-17/h3-9,11,14,18H,1,10,12-13H2,2H3. The lowest BCUT2D eigenvalue weighted by Crippen LogP contribution is -2.27. The molecular formula is C17H21NO2. The minimum absolute atomic E-state index is 0.373. The molecule has 0 saturated heterocycles. The van der Waals surface area contributed by atoms with E-state index in [-0.39, 0.29) is 0 Å². The monoisotopic (exact) mass is 271 g/mol. The Morgan fingerprint density at radius 1 is 1.30 bits per heavy atom. The lowest BCUT2D eigenvalue weighted by molar-refractivity contribution is 0.363. The first kappa shape index (κ1) is 14.4. The van der Waals surface area contributed by atoms with Crippen LogP contribution in [0.3, 0.4) is 0 Å². The Kier molecular flexibility index (Phi) is 5.44. The van der Waals surface area contributed by atoms with Gasteiger partial charge in [0.2, 0.25) is 0 Å². The van der Waals surface area contributed by atoms with Crippen molar-refractivity contribution in [2.45, 2.75) is 25.9 Å². The molecule has 1 heterocycles. The number of nitrogens with one attached hydrogen (secondary N) is 1. The first-order valence-electron chi connectivity index (χ1n) is 6.86. The van der Waals surface area contributed by atoms with Crippen molar-refractivity contribution in [1.82, 2.24) is 5.32 Å². The zero-order chi connectivity index (χ0) is 14.2. The van der Waals surface area contributed by atoms with Crippen molar-refractivity contribution in [2.24, 2.45) is 0 Å². The second-order valence-corrected chi connectivity index (χ2v) is 4.81. The van der Waals surface area contributed by atoms with Crippen LogP contribution in [-0.4, -0.2) is 12.6 Å². The van der Waals surface area contributed by atoms with Crippen LogP contribution < -0.4 is 10.1 Å². The molecule has 0 fully saturated rings. The minimum atomic E-state index is 0.373. The molecule has 0 aliphatic carbocycles. The van der Waals surface area contributed by atoms with Crippen molar-refractivity contribution < 1.29 is 9.15 Å². The van der Waals surface area contributed by atoms with E-state index >= 15 is 0 Å². The van der Waals surface area contributed by atoms with Gasteiger partial charge < -0.3 is 14.5 Å². The van der Waals surface area contributed by atoms with Gasteiger partial charge in [0.25, 0.3) is 0 Å². The maximum absolute atomic E-state index is 5.46. The van der Waals surface area contributed by atoms with E-state index < -0.39 is 0 Å². The molecule has 1 N–H and O–H groups in total. The largest absolute Gasteiger partial charge is 0.490 e. The zero-order valence-corrected chi connectivity index (χ0v) is 11.8. The van der Waals surface area contributed by atoms with Crippen LogP contribution in [0.15, 0.2) is 59.7 Å². The van der Waals surface area contributed by atoms with Crippen LogP contribution in [0.2, 0.25) is 0 Å². The number of hydrogen-bond acceptors (Lipinski definition) is 3. The van der Waals surface area contributed by atoms with E-state index in [9.17, 15) is 0 Å². The Morgan fingerprint density at radius 3 is 2.75 bits per heavy atom. The fourth-order valence-electron chi connectivity index (χ4n) is 1.95. The molecule has 0 saturated carbocycles. The highest BCUT2D eigenvalue weighted by molar-refractivity contribution is 5.27. The summed E-state index contributed by atoms with van der Waals surface area (Å²) in [6.07, 6.45) is 4.35. The first-order valence-corrected chi connectivity index (χ1v) is 6.86. The smallest absolute Gasteiger partial charge is 0.119 e. The van der Waals surface area contributed by atoms with E-state index in [1.807, 2.05) is 24.3 Å². The average Bonchev–Trinajstić information content (AvgIpc) is 2.97. The fraction of sp³-hybridized carbons (Fsp3) is 0.294. The van der Waals surface area contributed by atoms with E-state index in [4.69, 9.17) is 9.15 Å². The Morgan fingerprint density at radius 2 is 2.10 bits per heavy atom. The van der Waals surface area contributed by atoms with Crippen molar-refractivity contribution in [3.05, 3.63) is 66.6 Å². The second-order valence-electron chi connectivity index (χ2n) is 4.81. The Bertz CT molecular complexity index is 502. The summed E-state index contributed by atoms with van der Waals surface area (Å²) in [7, 11) is 0. The van der Waals surface area contributed by atoms with Gasteiger partial charge in [-0.2, -0.15) is 0 Å². The van der Waals surface area contributed by atoms with Crippen LogP contribution in [0.5, 0.6) is 5.75 Å². The summed E-state index contributed by atoms with van der Waals surface area (Å²) in [5.74, 6) is 1.88. The molecule has 1 unspecified atom stereocenters. The van der Waals surface area contributed by atoms with Crippen LogP contribution in [0, 0.1) is 0 Å². The fourth-order valence-corrected chi connectivity index (χ4v) is 1.95. The molecular weight excluding hydrogens is 250 g/mol. The van der Waals surface area contributed by atoms with Crippen LogP contribution in [0.1, 0.15) is 18.2 Å². The van der Waals surface area contributed by atoms with Gasteiger partial charge in [0.1, 0.15) is 18.1 Å². The first-order chi connectivity index (χ1) is 9.78. The third-order valence-corrected chi connectivity index (χ3v) is 3.03. The molecule has 3 heteroatoms. The molecule has 0 aliphatic heterocycles. The van der Waals surface area contributed by atoms with Gasteiger partial charge in [-0.1, -0.05) is 24.8 Å². The SMILES string of the molecule is C=CCOc1ccc(CNC(C)Cc2ccco2)cc1. The highest BCUT2D eigenvalue weighted by atomic mass is 16.5. The highest BCUT2D eigenvalue weighted by Crippen LogP contribution is 2.12. The van der Waals surface area contributed by atoms with Crippen LogP contribution >= 0.6 is 0 Å². The van der Waals surface area contributed by atoms with Crippen molar-refractivity contribution >= 4 is 0 Å². The molecule has 2 rings (SSSR count). The predicted molar refractivity (Wildman–Crippen MR) is 80.8 cm³/mol. The molecule has 0 bridgehead atoms. The number of furan rings is 1. The highest BCUT2D eigenvalue weighted by Gasteiger charge is 2.05. The lowest BCUT2D eigenvalue weighted by Gasteiger charge is -2.12. The summed E-state index contributed by atoms with van der Waals surface area (Å²) in [6, 6.07) is 12.4. The zero-order valence-electron chi connectivity index (χ0n) is 11.8. The number of rotatable bonds is 8. The van der Waals surface area contributed by atoms with Gasteiger partial charge in [0.05, 0.1) is 6.26 Å². The molecule has 1 aromatic carbocycles. The van der Waals surface area contributed by atoms with E-state index in [1.54, 1.807) is 12.3 Å². The summed E-state index contributed by atoms with van der Waals surface area (Å²) in [5.41, 5.74) is 1.24. The second kappa shape index (κ2) is 7.56. The molecule has 106 valence electrons. The molecule has 0 radical (unpaired) electrons. The van der Waals surface area contributed by atoms with Crippen LogP contribution in [0.25, 0.3) is 0 Å². The van der Waals surface area contributed by atoms with Crippen molar-refractivity contribution in [2.75, 3.05) is 6.61 Å². The maximum atomic E-state index is 5.46. The van der Waals surface area contributed by atoms with Gasteiger partial charge in [0, 0.05) is 19.0 Å². The van der Waals surface area contributed by atoms with Crippen LogP contribution in [-0.2, 0) is 13.0 Å². The van der Waals surface area contributed by atoms with E-state index in [0.717, 1.165) is 24.5 Å². The van der Waals surface area contributed by atoms with Crippen LogP contribution in [0.4, 0.5) is 0 Å². The summed E-state index contributed by atoms with van der Waals surface area (Å²) in [5, 5.41) is 3.48. The Hall–Kier alpha value is -2.00. The van der Waals surface area contributed by atoms with Gasteiger partial charge >= 0.3 is 0 Å². The van der Waals surface area contributed by atoms with E-state index in [2.05, 4.69) is 31.0 Å². The van der Waals surface area contributed by atoms with Crippen molar-refractivity contribution in [3.63, 3.8) is 0 Å². The molecule has 3 nitrogen and oxygen atoms in total. The maximum Gasteiger partial charge on any atom is 0.119 e. The molecule has 20 heavy (non-hydrogen) atoms. The van der Waals surface area contributed by atoms with Gasteiger partial charge in [-0.05, 0) is 36.8 Å². The van der Waals surface area contributed by atoms with Crippen molar-refractivity contribution in [3.8, 4) is 5.75 Å². The quantitative estimate of drug-likeness (QED) is 0.745. The topological polar surface area (TPSA) is 34.4 Å². The average molecular weight is 271 g/mol. The molecule has 2 aromatic rings. The molecule has 1 aromatic heterocycles. The normalized spacial score (nSPS) is 12.1. The number of benzene rings is 1. The Balaban J connectivity index is 1.77. The predicted octanol–water partition coefficient (Wildman–Crippen LogP) is 3.57. The Labute approximate surface area is 120 Å². The summed E-state index contributed by atoms with van der Waals surface area (Å²) in [6.45, 7) is 7.16. The summed E-state index contributed by atoms with van der Waals surface area (Å²) < 4.78 is 10.8. The van der Waals surface area contributed by atoms with Gasteiger partial charge in [-0.25, -0.2) is 0 Å². The third kappa shape index (κ3) is 4.59. The van der Waals surface area contributed by atoms with Gasteiger partial charge in [-0.3, -0.25) is 0 Å². The van der Waals surface area contributed by atoms with Crippen molar-refractivity contribution in [1.29, 1.82) is 0 Å². The minimum Gasteiger partial charge on any atom is -0.490 e. The molecule has 1 atom stereocenters. The molecule has 0 amide bonds. The molecule has 0 aliphatic rings. The van der Waals surface area contributed by atoms with E-state index in [1.165, 1.54) is 5.56 Å². The number of ether oxygens (including phenoxy) is 1. The van der Waals surface area contributed by atoms with Gasteiger partial charge in [0.15, 0.2) is 0 Å². The van der Waals surface area contributed by atoms with E-state index in [0.29, 0.717) is 12.6 Å². The third-order valence-electron chi connectivity index (χ3n) is 3.03.